The number of hydrogen-bond acceptors (Lipinski definition) is 6. The second kappa shape index (κ2) is 24.1. The van der Waals surface area contributed by atoms with Crippen molar-refractivity contribution < 1.29 is 42.1 Å². The lowest BCUT2D eigenvalue weighted by molar-refractivity contribution is -0.164. The number of rotatable bonds is 21. The number of hydrogen-bond donors (Lipinski definition) is 2. The first-order valence-electron chi connectivity index (χ1n) is 13.7. The zero-order chi connectivity index (χ0) is 30.8. The molecule has 0 fully saturated rings. The third-order valence-corrected chi connectivity index (χ3v) is 5.36. The minimum absolute atomic E-state index is 0.245. The van der Waals surface area contributed by atoms with E-state index in [2.05, 4.69) is 65.0 Å². The van der Waals surface area contributed by atoms with Crippen molar-refractivity contribution in [2.45, 2.75) is 77.5 Å². The molecule has 0 rings (SSSR count). The van der Waals surface area contributed by atoms with Gasteiger partial charge in [-0.05, 0) is 51.4 Å². The van der Waals surface area contributed by atoms with Crippen molar-refractivity contribution in [1.29, 1.82) is 0 Å². The number of nitrogens with two attached hydrogens (primary N) is 1. The summed E-state index contributed by atoms with van der Waals surface area (Å²) in [6, 6.07) is 0. The summed E-state index contributed by atoms with van der Waals surface area (Å²) < 4.78 is 52.5. The van der Waals surface area contributed by atoms with Gasteiger partial charge in [-0.25, -0.2) is 4.79 Å². The maximum absolute atomic E-state index is 12.7. The molecule has 0 heterocycles. The topological polar surface area (TPSA) is 108 Å². The van der Waals surface area contributed by atoms with Crippen molar-refractivity contribution in [3.63, 3.8) is 0 Å². The number of primary amides is 1. The van der Waals surface area contributed by atoms with Crippen LogP contribution in [0.15, 0.2) is 84.9 Å². The number of aliphatic hydroxyl groups is 1. The van der Waals surface area contributed by atoms with Gasteiger partial charge in [-0.2, -0.15) is 13.2 Å². The zero-order valence-corrected chi connectivity index (χ0v) is 23.9. The first-order chi connectivity index (χ1) is 19.6. The smallest absolute Gasteiger partial charge is 0.452 e. The standard InChI is InChI=1S/C31H44F3NO6/c1-3-5-6-7-8-9-10-11-12-13-14-15-16-17-18-19-20-21-22-26(4-2)29(37)41-27(25-40-30(35)38)24-39-28(23-36)31(32,33)34/h5-6,8-9,11-12,14-15,17-18,20-21,23,26-27,36H,3-4,7,10,13,16,19,22,24-25H2,1-2H3,(H2,35,38)/b6-5-,9-8-,12-11-,15-14-,18-17-,21-20-,28-23+. The van der Waals surface area contributed by atoms with E-state index < -0.39 is 49.2 Å². The van der Waals surface area contributed by atoms with Crippen molar-refractivity contribution in [3.8, 4) is 0 Å². The SMILES string of the molecule is CC/C=C\C/C=C\C/C=C\C/C=C\C/C=C\C/C=C\CC(CC)C(=O)OC(COC(N)=O)CO/C(=C/O)C(F)(F)F. The number of carbonyl (C=O) groups is 2. The molecule has 2 unspecified atom stereocenters. The van der Waals surface area contributed by atoms with E-state index in [0.717, 1.165) is 32.1 Å². The maximum Gasteiger partial charge on any atom is 0.452 e. The van der Waals surface area contributed by atoms with Crippen LogP contribution in [0.3, 0.4) is 0 Å². The number of carbonyl (C=O) groups excluding carboxylic acids is 2. The normalized spacial score (nSPS) is 14.7. The van der Waals surface area contributed by atoms with Crippen molar-refractivity contribution in [1.82, 2.24) is 0 Å². The first-order valence-corrected chi connectivity index (χ1v) is 13.7. The molecular weight excluding hydrogens is 539 g/mol. The first kappa shape index (κ1) is 37.3. The molecule has 0 spiro atoms. The summed E-state index contributed by atoms with van der Waals surface area (Å²) in [5.74, 6) is -2.93. The quantitative estimate of drug-likeness (QED) is 0.0803. The van der Waals surface area contributed by atoms with Crippen LogP contribution in [0.5, 0.6) is 0 Å². The fourth-order valence-corrected chi connectivity index (χ4v) is 3.14. The molecule has 10 heteroatoms. The monoisotopic (exact) mass is 583 g/mol. The fraction of sp³-hybridized carbons (Fsp3) is 0.484. The minimum Gasteiger partial charge on any atom is -0.512 e. The predicted octanol–water partition coefficient (Wildman–Crippen LogP) is 8.09. The van der Waals surface area contributed by atoms with Crippen LogP contribution in [-0.2, 0) is 19.0 Å². The molecule has 41 heavy (non-hydrogen) atoms. The van der Waals surface area contributed by atoms with Gasteiger partial charge in [0.25, 0.3) is 0 Å². The Morgan fingerprint density at radius 2 is 1.20 bits per heavy atom. The van der Waals surface area contributed by atoms with Crippen molar-refractivity contribution in [2.75, 3.05) is 13.2 Å². The average Bonchev–Trinajstić information content (AvgIpc) is 2.92. The molecule has 230 valence electrons. The Labute approximate surface area is 241 Å². The molecular formula is C31H44F3NO6. The van der Waals surface area contributed by atoms with Gasteiger partial charge in [-0.1, -0.05) is 86.8 Å². The van der Waals surface area contributed by atoms with Crippen LogP contribution >= 0.6 is 0 Å². The van der Waals surface area contributed by atoms with E-state index >= 15 is 0 Å². The van der Waals surface area contributed by atoms with Crippen LogP contribution < -0.4 is 5.73 Å². The molecule has 0 aromatic carbocycles. The Bertz CT molecular complexity index is 933. The van der Waals surface area contributed by atoms with Gasteiger partial charge in [0.05, 0.1) is 5.92 Å². The van der Waals surface area contributed by atoms with Gasteiger partial charge in [0.2, 0.25) is 5.76 Å². The van der Waals surface area contributed by atoms with E-state index in [1.165, 1.54) is 0 Å². The van der Waals surface area contributed by atoms with Crippen LogP contribution in [0.2, 0.25) is 0 Å². The third kappa shape index (κ3) is 21.8. The van der Waals surface area contributed by atoms with E-state index in [4.69, 9.17) is 15.6 Å². The lowest BCUT2D eigenvalue weighted by Crippen LogP contribution is -2.34. The van der Waals surface area contributed by atoms with E-state index in [0.29, 0.717) is 19.3 Å². The van der Waals surface area contributed by atoms with Crippen LogP contribution in [0.1, 0.15) is 65.2 Å². The molecule has 0 saturated heterocycles. The molecule has 0 aliphatic heterocycles. The fourth-order valence-electron chi connectivity index (χ4n) is 3.14. The van der Waals surface area contributed by atoms with Gasteiger partial charge in [0.15, 0.2) is 6.10 Å². The zero-order valence-electron chi connectivity index (χ0n) is 23.9. The van der Waals surface area contributed by atoms with E-state index in [1.807, 2.05) is 24.3 Å². The molecule has 0 aliphatic carbocycles. The second-order valence-corrected chi connectivity index (χ2v) is 8.75. The van der Waals surface area contributed by atoms with Crippen LogP contribution in [0.4, 0.5) is 18.0 Å². The Morgan fingerprint density at radius 3 is 1.59 bits per heavy atom. The minimum atomic E-state index is -4.95. The molecule has 0 aromatic heterocycles. The van der Waals surface area contributed by atoms with Crippen LogP contribution in [0.25, 0.3) is 0 Å². The Kier molecular flexibility index (Phi) is 22.0. The summed E-state index contributed by atoms with van der Waals surface area (Å²) in [5.41, 5.74) is 4.89. The Balaban J connectivity index is 4.47. The van der Waals surface area contributed by atoms with Gasteiger partial charge in [-0.15, -0.1) is 0 Å². The summed E-state index contributed by atoms with van der Waals surface area (Å²) in [6.07, 6.45) is 23.3. The maximum atomic E-state index is 12.7. The van der Waals surface area contributed by atoms with Crippen LogP contribution in [0, 0.1) is 5.92 Å². The van der Waals surface area contributed by atoms with Crippen LogP contribution in [-0.4, -0.2) is 42.7 Å². The summed E-state index contributed by atoms with van der Waals surface area (Å²) in [5, 5.41) is 8.74. The van der Waals surface area contributed by atoms with Gasteiger partial charge in [-0.3, -0.25) is 4.79 Å². The summed E-state index contributed by atoms with van der Waals surface area (Å²) in [6.45, 7) is 2.48. The number of alkyl halides is 3. The molecule has 0 saturated carbocycles. The van der Waals surface area contributed by atoms with Gasteiger partial charge < -0.3 is 25.1 Å². The van der Waals surface area contributed by atoms with Crippen molar-refractivity contribution in [2.24, 2.45) is 11.7 Å². The highest BCUT2D eigenvalue weighted by atomic mass is 19.4. The van der Waals surface area contributed by atoms with E-state index in [9.17, 15) is 22.8 Å². The molecule has 0 radical (unpaired) electrons. The largest absolute Gasteiger partial charge is 0.512 e. The Morgan fingerprint density at radius 1 is 0.756 bits per heavy atom. The lowest BCUT2D eigenvalue weighted by atomic mass is 10.0. The summed E-state index contributed by atoms with van der Waals surface area (Å²) in [7, 11) is 0. The number of halogens is 3. The third-order valence-electron chi connectivity index (χ3n) is 5.36. The lowest BCUT2D eigenvalue weighted by Gasteiger charge is -2.21. The predicted molar refractivity (Wildman–Crippen MR) is 155 cm³/mol. The molecule has 1 amide bonds. The summed E-state index contributed by atoms with van der Waals surface area (Å²) >= 11 is 0. The van der Waals surface area contributed by atoms with Gasteiger partial charge >= 0.3 is 18.2 Å². The van der Waals surface area contributed by atoms with E-state index in [1.54, 1.807) is 6.92 Å². The number of ether oxygens (including phenoxy) is 3. The van der Waals surface area contributed by atoms with Crippen molar-refractivity contribution >= 4 is 12.1 Å². The molecule has 0 bridgehead atoms. The number of esters is 1. The Hall–Kier alpha value is -3.69. The van der Waals surface area contributed by atoms with Gasteiger partial charge in [0.1, 0.15) is 19.5 Å². The number of aliphatic hydroxyl groups excluding tert-OH is 1. The van der Waals surface area contributed by atoms with Gasteiger partial charge in [0, 0.05) is 0 Å². The summed E-state index contributed by atoms with van der Waals surface area (Å²) in [4.78, 5) is 23.4. The average molecular weight is 584 g/mol. The highest BCUT2D eigenvalue weighted by Gasteiger charge is 2.37. The second-order valence-electron chi connectivity index (χ2n) is 8.75. The van der Waals surface area contributed by atoms with E-state index in [-0.39, 0.29) is 6.26 Å². The number of amides is 1. The molecule has 0 aliphatic rings. The molecule has 2 atom stereocenters. The molecule has 3 N–H and O–H groups in total. The highest BCUT2D eigenvalue weighted by molar-refractivity contribution is 5.72. The van der Waals surface area contributed by atoms with Crippen molar-refractivity contribution in [3.05, 3.63) is 84.9 Å². The molecule has 0 aromatic rings. The highest BCUT2D eigenvalue weighted by Crippen LogP contribution is 2.26. The molecule has 7 nitrogen and oxygen atoms in total. The number of allylic oxidation sites excluding steroid dienone is 13.